The molecule has 0 bridgehead atoms. The lowest BCUT2D eigenvalue weighted by molar-refractivity contribution is 0.0342. The van der Waals surface area contributed by atoms with Crippen molar-refractivity contribution in [3.63, 3.8) is 0 Å². The van der Waals surface area contributed by atoms with Gasteiger partial charge in [-0.3, -0.25) is 9.80 Å². The molecule has 0 aliphatic carbocycles. The first-order valence-corrected chi connectivity index (χ1v) is 12.7. The third-order valence-corrected chi connectivity index (χ3v) is 6.72. The molecule has 2 amide bonds. The Morgan fingerprint density at radius 3 is 2.72 bits per heavy atom. The van der Waals surface area contributed by atoms with Crippen LogP contribution in [0, 0.1) is 6.92 Å². The molecule has 0 saturated carbocycles. The quantitative estimate of drug-likeness (QED) is 0.486. The topological polar surface area (TPSA) is 80.1 Å². The van der Waals surface area contributed by atoms with Gasteiger partial charge in [0.2, 0.25) is 0 Å². The zero-order valence-electron chi connectivity index (χ0n) is 21.1. The molecule has 2 saturated heterocycles. The van der Waals surface area contributed by atoms with E-state index in [1.54, 1.807) is 11.1 Å². The zero-order valence-corrected chi connectivity index (χ0v) is 21.1. The molecule has 0 spiro atoms. The summed E-state index contributed by atoms with van der Waals surface area (Å²) in [7, 11) is 0. The highest BCUT2D eigenvalue weighted by Crippen LogP contribution is 2.30. The molecule has 5 rings (SSSR count). The van der Waals surface area contributed by atoms with Gasteiger partial charge in [0.1, 0.15) is 0 Å². The van der Waals surface area contributed by atoms with Gasteiger partial charge in [-0.15, -0.1) is 0 Å². The van der Waals surface area contributed by atoms with Crippen molar-refractivity contribution >= 4 is 11.7 Å². The van der Waals surface area contributed by atoms with Crippen LogP contribution in [0.4, 0.5) is 10.5 Å². The molecule has 0 atom stereocenters. The van der Waals surface area contributed by atoms with Crippen LogP contribution >= 0.6 is 0 Å². The Kier molecular flexibility index (Phi) is 7.65. The maximum atomic E-state index is 12.4. The number of nitrogens with zero attached hydrogens (tertiary/aromatic N) is 3. The highest BCUT2D eigenvalue weighted by molar-refractivity contribution is 5.94. The van der Waals surface area contributed by atoms with Gasteiger partial charge in [0.15, 0.2) is 11.7 Å². The van der Waals surface area contributed by atoms with Gasteiger partial charge in [-0.2, -0.15) is 0 Å². The molecular formula is C28H34N4O4. The summed E-state index contributed by atoms with van der Waals surface area (Å²) in [5, 5.41) is 2.90. The Labute approximate surface area is 212 Å². The molecule has 2 fully saturated rings. The smallest absolute Gasteiger partial charge is 0.321 e. The summed E-state index contributed by atoms with van der Waals surface area (Å²) in [4.78, 5) is 21.2. The van der Waals surface area contributed by atoms with Crippen LogP contribution in [0.2, 0.25) is 0 Å². The third-order valence-electron chi connectivity index (χ3n) is 6.72. The average molecular weight is 491 g/mol. The van der Waals surface area contributed by atoms with Gasteiger partial charge in [0.05, 0.1) is 26.0 Å². The van der Waals surface area contributed by atoms with Crippen molar-refractivity contribution in [2.45, 2.75) is 33.4 Å². The number of aryl methyl sites for hydroxylation is 1. The Morgan fingerprint density at radius 2 is 1.94 bits per heavy atom. The minimum Gasteiger partial charge on any atom is -0.440 e. The second kappa shape index (κ2) is 11.2. The van der Waals surface area contributed by atoms with E-state index in [9.17, 15) is 4.79 Å². The van der Waals surface area contributed by atoms with Gasteiger partial charge in [-0.1, -0.05) is 18.2 Å². The number of aromatic nitrogens is 1. The van der Waals surface area contributed by atoms with E-state index in [0.29, 0.717) is 44.4 Å². The first kappa shape index (κ1) is 24.5. The van der Waals surface area contributed by atoms with Gasteiger partial charge in [-0.25, -0.2) is 9.78 Å². The summed E-state index contributed by atoms with van der Waals surface area (Å²) in [5.74, 6) is 1.37. The van der Waals surface area contributed by atoms with Crippen LogP contribution in [0.25, 0.3) is 11.3 Å². The number of oxazole rings is 1. The molecule has 3 aromatic rings. The van der Waals surface area contributed by atoms with Crippen molar-refractivity contribution < 1.29 is 18.7 Å². The largest absolute Gasteiger partial charge is 0.440 e. The molecule has 2 aliphatic heterocycles. The zero-order chi connectivity index (χ0) is 24.9. The average Bonchev–Trinajstić information content (AvgIpc) is 3.54. The van der Waals surface area contributed by atoms with Crippen molar-refractivity contribution in [1.82, 2.24) is 15.2 Å². The fourth-order valence-electron chi connectivity index (χ4n) is 4.71. The van der Waals surface area contributed by atoms with Crippen molar-refractivity contribution in [3.05, 3.63) is 70.7 Å². The van der Waals surface area contributed by atoms with Crippen LogP contribution < -0.4 is 10.2 Å². The molecule has 36 heavy (non-hydrogen) atoms. The normalized spacial score (nSPS) is 16.5. The van der Waals surface area contributed by atoms with Crippen molar-refractivity contribution in [1.29, 1.82) is 0 Å². The first-order valence-electron chi connectivity index (χ1n) is 12.7. The first-order chi connectivity index (χ1) is 17.6. The van der Waals surface area contributed by atoms with Gasteiger partial charge in [0.25, 0.3) is 0 Å². The van der Waals surface area contributed by atoms with Crippen molar-refractivity contribution in [2.24, 2.45) is 0 Å². The summed E-state index contributed by atoms with van der Waals surface area (Å²) >= 11 is 0. The Bertz CT molecular complexity index is 1200. The van der Waals surface area contributed by atoms with Gasteiger partial charge < -0.3 is 19.2 Å². The number of morpholine rings is 1. The Balaban J connectivity index is 1.40. The summed E-state index contributed by atoms with van der Waals surface area (Å²) < 4.78 is 17.3. The van der Waals surface area contributed by atoms with Crippen LogP contribution in [0.15, 0.2) is 47.0 Å². The van der Waals surface area contributed by atoms with Crippen LogP contribution in [-0.4, -0.2) is 61.9 Å². The summed E-state index contributed by atoms with van der Waals surface area (Å²) in [6.45, 7) is 10.8. The lowest BCUT2D eigenvalue weighted by Gasteiger charge is -2.27. The van der Waals surface area contributed by atoms with Crippen molar-refractivity contribution in [2.75, 3.05) is 50.9 Å². The number of hydrogen-bond acceptors (Lipinski definition) is 6. The summed E-state index contributed by atoms with van der Waals surface area (Å²) in [5.41, 5.74) is 6.47. The highest BCUT2D eigenvalue weighted by atomic mass is 16.5. The number of nitrogens with one attached hydrogen (secondary N) is 1. The van der Waals surface area contributed by atoms with Crippen LogP contribution in [0.1, 0.15) is 35.1 Å². The standard InChI is InChI=1S/C28H34N4O4/c1-3-34-19-21-5-4-20(2)23(12-21)16-27-30-17-26(36-27)24-13-22(18-31-8-10-35-11-9-31)14-25(15-24)32-7-6-29-28(32)33/h4-5,12-15,17H,3,6-11,16,18-19H2,1-2H3,(H,29,33). The lowest BCUT2D eigenvalue weighted by Crippen LogP contribution is -2.35. The van der Waals surface area contributed by atoms with Crippen LogP contribution in [0.3, 0.4) is 0 Å². The Morgan fingerprint density at radius 1 is 1.08 bits per heavy atom. The SMILES string of the molecule is CCOCc1ccc(C)c(Cc2ncc(-c3cc(CN4CCOCC4)cc(N4CCNC4=O)c3)o2)c1. The fourth-order valence-corrected chi connectivity index (χ4v) is 4.71. The second-order valence-corrected chi connectivity index (χ2v) is 9.35. The predicted octanol–water partition coefficient (Wildman–Crippen LogP) is 4.14. The number of carbonyl (C=O) groups is 1. The number of hydrogen-bond donors (Lipinski definition) is 1. The van der Waals surface area contributed by atoms with E-state index in [4.69, 9.17) is 13.9 Å². The van der Waals surface area contributed by atoms with Gasteiger partial charge >= 0.3 is 6.03 Å². The molecule has 190 valence electrons. The number of ether oxygens (including phenoxy) is 2. The van der Waals surface area contributed by atoms with E-state index in [0.717, 1.165) is 55.2 Å². The van der Waals surface area contributed by atoms with Crippen LogP contribution in [0.5, 0.6) is 0 Å². The lowest BCUT2D eigenvalue weighted by atomic mass is 10.0. The highest BCUT2D eigenvalue weighted by Gasteiger charge is 2.23. The number of amides is 2. The molecule has 8 nitrogen and oxygen atoms in total. The molecule has 0 radical (unpaired) electrons. The summed E-state index contributed by atoms with van der Waals surface area (Å²) in [6, 6.07) is 12.6. The third kappa shape index (κ3) is 5.78. The monoisotopic (exact) mass is 490 g/mol. The molecule has 1 aromatic heterocycles. The molecule has 8 heteroatoms. The van der Waals surface area contributed by atoms with E-state index in [2.05, 4.69) is 52.5 Å². The molecule has 3 heterocycles. The number of anilines is 1. The van der Waals surface area contributed by atoms with E-state index < -0.39 is 0 Å². The molecular weight excluding hydrogens is 456 g/mol. The van der Waals surface area contributed by atoms with E-state index in [1.807, 2.05) is 13.0 Å². The number of rotatable bonds is 9. The molecule has 2 aliphatic rings. The van der Waals surface area contributed by atoms with E-state index in [-0.39, 0.29) is 6.03 Å². The van der Waals surface area contributed by atoms with Gasteiger partial charge in [0, 0.05) is 57.0 Å². The predicted molar refractivity (Wildman–Crippen MR) is 138 cm³/mol. The second-order valence-electron chi connectivity index (χ2n) is 9.35. The van der Waals surface area contributed by atoms with Crippen LogP contribution in [-0.2, 0) is 29.0 Å². The maximum absolute atomic E-state index is 12.4. The van der Waals surface area contributed by atoms with E-state index in [1.165, 1.54) is 11.1 Å². The molecule has 0 unspecified atom stereocenters. The van der Waals surface area contributed by atoms with E-state index >= 15 is 0 Å². The molecule has 1 N–H and O–H groups in total. The van der Waals surface area contributed by atoms with Gasteiger partial charge in [-0.05, 0) is 54.3 Å². The number of urea groups is 1. The minimum absolute atomic E-state index is 0.0647. The summed E-state index contributed by atoms with van der Waals surface area (Å²) in [6.07, 6.45) is 2.40. The Hall–Kier alpha value is -3.20. The molecule has 2 aromatic carbocycles. The maximum Gasteiger partial charge on any atom is 0.321 e. The van der Waals surface area contributed by atoms with Crippen molar-refractivity contribution in [3.8, 4) is 11.3 Å². The minimum atomic E-state index is -0.0647. The fraction of sp³-hybridized carbons (Fsp3) is 0.429. The number of benzene rings is 2. The number of carbonyl (C=O) groups excluding carboxylic acids is 1.